The number of hydrogen-bond donors (Lipinski definition) is 6. The molecule has 3 rings (SSSR count). The molecule has 2 aromatic rings. The van der Waals surface area contributed by atoms with Gasteiger partial charge in [0.15, 0.2) is 23.0 Å². The van der Waals surface area contributed by atoms with E-state index in [2.05, 4.69) is 0 Å². The molecular weight excluding hydrogens is 368 g/mol. The number of carbonyl (C=O) groups is 2. The first kappa shape index (κ1) is 20.7. The van der Waals surface area contributed by atoms with Crippen molar-refractivity contribution in [2.45, 2.75) is 25.3 Å². The lowest BCUT2D eigenvalue weighted by atomic mass is 10.1. The highest BCUT2D eigenvalue weighted by atomic mass is 16.4. The van der Waals surface area contributed by atoms with Crippen LogP contribution in [0.15, 0.2) is 36.4 Å². The fourth-order valence-electron chi connectivity index (χ4n) is 2.82. The Balaban J connectivity index is 0.000000261. The number of carbonyl (C=O) groups excluding carboxylic acids is 1. The van der Waals surface area contributed by atoms with E-state index in [1.54, 1.807) is 0 Å². The Bertz CT molecular complexity index is 869. The number of aromatic hydroxyl groups is 4. The molecule has 9 nitrogen and oxygen atoms in total. The van der Waals surface area contributed by atoms with Crippen molar-refractivity contribution >= 4 is 17.6 Å². The van der Waals surface area contributed by atoms with Crippen LogP contribution in [0.5, 0.6) is 23.0 Å². The molecule has 0 bridgehead atoms. The van der Waals surface area contributed by atoms with Gasteiger partial charge in [-0.2, -0.15) is 0 Å². The number of hydrogen-bond acceptors (Lipinski definition) is 7. The van der Waals surface area contributed by atoms with Crippen LogP contribution in [0.3, 0.4) is 0 Å². The Labute approximate surface area is 160 Å². The highest BCUT2D eigenvalue weighted by Crippen LogP contribution is 2.26. The zero-order chi connectivity index (χ0) is 20.8. The van der Waals surface area contributed by atoms with Gasteiger partial charge in [-0.3, -0.25) is 4.79 Å². The van der Waals surface area contributed by atoms with E-state index in [4.69, 9.17) is 21.1 Å². The molecule has 1 heterocycles. The number of anilines is 1. The molecule has 28 heavy (non-hydrogen) atoms. The van der Waals surface area contributed by atoms with Gasteiger partial charge in [-0.1, -0.05) is 6.07 Å². The van der Waals surface area contributed by atoms with Gasteiger partial charge in [-0.25, -0.2) is 4.79 Å². The second kappa shape index (κ2) is 8.85. The molecule has 150 valence electrons. The monoisotopic (exact) mass is 390 g/mol. The van der Waals surface area contributed by atoms with Crippen molar-refractivity contribution in [2.24, 2.45) is 0 Å². The molecule has 1 aliphatic rings. The molecule has 0 saturated carbocycles. The van der Waals surface area contributed by atoms with Crippen molar-refractivity contribution in [2.75, 3.05) is 12.3 Å². The first-order chi connectivity index (χ1) is 13.2. The number of carboxylic acids is 1. The van der Waals surface area contributed by atoms with Gasteiger partial charge in [-0.05, 0) is 42.7 Å². The highest BCUT2D eigenvalue weighted by Gasteiger charge is 2.33. The van der Waals surface area contributed by atoms with Crippen LogP contribution in [-0.2, 0) is 16.0 Å². The molecule has 2 aromatic carbocycles. The smallest absolute Gasteiger partial charge is 0.326 e. The van der Waals surface area contributed by atoms with Gasteiger partial charge < -0.3 is 36.2 Å². The first-order valence-corrected chi connectivity index (χ1v) is 8.49. The molecule has 1 saturated heterocycles. The number of nitrogens with two attached hydrogens (primary N) is 1. The predicted molar refractivity (Wildman–Crippen MR) is 100 cm³/mol. The van der Waals surface area contributed by atoms with Crippen LogP contribution >= 0.6 is 0 Å². The van der Waals surface area contributed by atoms with Gasteiger partial charge >= 0.3 is 5.97 Å². The second-order valence-corrected chi connectivity index (χ2v) is 6.33. The standard InChI is InChI=1S/C13H15NO5.C6H7NO2/c15-10-4-3-8(6-11(10)16)7-12(17)14-5-1-2-9(14)13(18)19;7-4-1-2-5(8)6(9)3-4/h3-4,6,9,15-16H,1-2,5,7H2,(H,18,19);1-3,8-9H,7H2/t9-;/m0./s1. The average Bonchev–Trinajstić information content (AvgIpc) is 3.12. The normalized spacial score (nSPS) is 15.6. The quantitative estimate of drug-likeness (QED) is 0.260. The second-order valence-electron chi connectivity index (χ2n) is 6.33. The van der Waals surface area contributed by atoms with Gasteiger partial charge in [0, 0.05) is 18.3 Å². The summed E-state index contributed by atoms with van der Waals surface area (Å²) in [6.07, 6.45) is 1.17. The minimum absolute atomic E-state index is 0.0115. The minimum atomic E-state index is -0.987. The molecule has 9 heteroatoms. The predicted octanol–water partition coefficient (Wildman–Crippen LogP) is 1.40. The van der Waals surface area contributed by atoms with E-state index in [0.717, 1.165) is 0 Å². The Hall–Kier alpha value is -3.62. The summed E-state index contributed by atoms with van der Waals surface area (Å²) in [5.41, 5.74) is 6.23. The fourth-order valence-corrected chi connectivity index (χ4v) is 2.82. The number of phenols is 4. The zero-order valence-corrected chi connectivity index (χ0v) is 14.9. The zero-order valence-electron chi connectivity index (χ0n) is 14.9. The Kier molecular flexibility index (Phi) is 6.54. The van der Waals surface area contributed by atoms with Gasteiger partial charge in [0.1, 0.15) is 6.04 Å². The molecule has 0 radical (unpaired) electrons. The molecule has 1 aliphatic heterocycles. The summed E-state index contributed by atoms with van der Waals surface area (Å²) in [6.45, 7) is 0.444. The molecule has 7 N–H and O–H groups in total. The summed E-state index contributed by atoms with van der Waals surface area (Å²) in [6, 6.07) is 7.52. The van der Waals surface area contributed by atoms with Crippen LogP contribution in [0.25, 0.3) is 0 Å². The van der Waals surface area contributed by atoms with Crippen molar-refractivity contribution in [3.8, 4) is 23.0 Å². The van der Waals surface area contributed by atoms with E-state index in [1.807, 2.05) is 0 Å². The van der Waals surface area contributed by atoms with Crippen molar-refractivity contribution in [1.82, 2.24) is 4.90 Å². The van der Waals surface area contributed by atoms with Crippen molar-refractivity contribution in [1.29, 1.82) is 0 Å². The summed E-state index contributed by atoms with van der Waals surface area (Å²) in [7, 11) is 0. The molecule has 1 atom stereocenters. The number of aliphatic carboxylic acids is 1. The number of nitrogen functional groups attached to an aromatic ring is 1. The number of phenolic OH excluding ortho intramolecular Hbond substituents is 4. The van der Waals surface area contributed by atoms with Crippen LogP contribution in [-0.4, -0.2) is 54.9 Å². The largest absolute Gasteiger partial charge is 0.504 e. The topological polar surface area (TPSA) is 165 Å². The third-order valence-corrected chi connectivity index (χ3v) is 4.25. The number of amides is 1. The molecular formula is C19H22N2O7. The van der Waals surface area contributed by atoms with Crippen molar-refractivity contribution < 1.29 is 35.1 Å². The maximum Gasteiger partial charge on any atom is 0.326 e. The van der Waals surface area contributed by atoms with Crippen LogP contribution in [0.1, 0.15) is 18.4 Å². The fraction of sp³-hybridized carbons (Fsp3) is 0.263. The maximum absolute atomic E-state index is 12.0. The van der Waals surface area contributed by atoms with E-state index < -0.39 is 12.0 Å². The number of rotatable bonds is 3. The lowest BCUT2D eigenvalue weighted by Gasteiger charge is -2.21. The number of carboxylic acid groups (broad SMARTS) is 1. The molecule has 0 aliphatic carbocycles. The van der Waals surface area contributed by atoms with Crippen LogP contribution < -0.4 is 5.73 Å². The summed E-state index contributed by atoms with van der Waals surface area (Å²) in [5.74, 6) is -2.14. The van der Waals surface area contributed by atoms with E-state index in [9.17, 15) is 19.8 Å². The summed E-state index contributed by atoms with van der Waals surface area (Å²) in [5, 5.41) is 45.1. The lowest BCUT2D eigenvalue weighted by molar-refractivity contribution is -0.148. The summed E-state index contributed by atoms with van der Waals surface area (Å²) >= 11 is 0. The Morgan fingerprint density at radius 3 is 2.11 bits per heavy atom. The molecule has 1 amide bonds. The van der Waals surface area contributed by atoms with Gasteiger partial charge in [0.2, 0.25) is 5.91 Å². The van der Waals surface area contributed by atoms with Gasteiger partial charge in [-0.15, -0.1) is 0 Å². The van der Waals surface area contributed by atoms with E-state index in [-0.39, 0.29) is 35.3 Å². The molecule has 0 spiro atoms. The minimum Gasteiger partial charge on any atom is -0.504 e. The van der Waals surface area contributed by atoms with Crippen LogP contribution in [0, 0.1) is 0 Å². The van der Waals surface area contributed by atoms with E-state index in [0.29, 0.717) is 30.6 Å². The lowest BCUT2D eigenvalue weighted by Crippen LogP contribution is -2.41. The van der Waals surface area contributed by atoms with E-state index >= 15 is 0 Å². The third kappa shape index (κ3) is 5.19. The van der Waals surface area contributed by atoms with Crippen molar-refractivity contribution in [3.05, 3.63) is 42.0 Å². The summed E-state index contributed by atoms with van der Waals surface area (Å²) in [4.78, 5) is 24.4. The maximum atomic E-state index is 12.0. The Morgan fingerprint density at radius 2 is 1.57 bits per heavy atom. The number of likely N-dealkylation sites (tertiary alicyclic amines) is 1. The SMILES string of the molecule is Nc1ccc(O)c(O)c1.O=C(O)[C@@H]1CCCN1C(=O)Cc1ccc(O)c(O)c1. The molecule has 0 unspecified atom stereocenters. The van der Waals surface area contributed by atoms with Crippen molar-refractivity contribution in [3.63, 3.8) is 0 Å². The van der Waals surface area contributed by atoms with Crippen LogP contribution in [0.2, 0.25) is 0 Å². The first-order valence-electron chi connectivity index (χ1n) is 8.49. The number of nitrogens with zero attached hydrogens (tertiary/aromatic N) is 1. The van der Waals surface area contributed by atoms with Crippen LogP contribution in [0.4, 0.5) is 5.69 Å². The van der Waals surface area contributed by atoms with Gasteiger partial charge in [0.25, 0.3) is 0 Å². The van der Waals surface area contributed by atoms with Gasteiger partial charge in [0.05, 0.1) is 6.42 Å². The Morgan fingerprint density at radius 1 is 0.964 bits per heavy atom. The summed E-state index contributed by atoms with van der Waals surface area (Å²) < 4.78 is 0. The molecule has 1 fully saturated rings. The number of benzene rings is 2. The molecule has 0 aromatic heterocycles. The average molecular weight is 390 g/mol. The third-order valence-electron chi connectivity index (χ3n) is 4.25. The highest BCUT2D eigenvalue weighted by molar-refractivity contribution is 5.85. The van der Waals surface area contributed by atoms with E-state index in [1.165, 1.54) is 41.3 Å².